The molecule has 0 aliphatic carbocycles. The summed E-state index contributed by atoms with van der Waals surface area (Å²) in [6.07, 6.45) is 1.86. The number of thiophene rings is 1. The Morgan fingerprint density at radius 2 is 1.27 bits per heavy atom. The first kappa shape index (κ1) is 23.9. The normalized spacial score (nSPS) is 12.5. The summed E-state index contributed by atoms with van der Waals surface area (Å²) < 4.78 is 2.27. The largest absolute Gasteiger partial charge is 0.278 e. The SMILES string of the molecule is c1ccc2c3c(ccc2c1)N(c1nc(-c2cccc4cccnc24)c2sc4ccccc4c2n1)c1cccc2cccc-3c12. The molecule has 0 atom stereocenters. The molecule has 1 aliphatic rings. The lowest BCUT2D eigenvalue weighted by atomic mass is 9.88. The van der Waals surface area contributed by atoms with Gasteiger partial charge < -0.3 is 0 Å². The fourth-order valence-corrected chi connectivity index (χ4v) is 8.09. The first-order valence-electron chi connectivity index (χ1n) is 14.7. The highest BCUT2D eigenvalue weighted by Gasteiger charge is 2.30. The van der Waals surface area contributed by atoms with Gasteiger partial charge in [-0.05, 0) is 46.0 Å². The molecule has 4 nitrogen and oxygen atoms in total. The van der Waals surface area contributed by atoms with E-state index in [2.05, 4.69) is 126 Å². The number of anilines is 3. The molecule has 0 unspecified atom stereocenters. The van der Waals surface area contributed by atoms with Crippen molar-refractivity contribution in [1.82, 2.24) is 15.0 Å². The van der Waals surface area contributed by atoms with Gasteiger partial charge in [-0.15, -0.1) is 11.3 Å². The van der Waals surface area contributed by atoms with Crippen molar-refractivity contribution in [3.8, 4) is 22.4 Å². The third kappa shape index (κ3) is 3.24. The van der Waals surface area contributed by atoms with Crippen molar-refractivity contribution in [3.63, 3.8) is 0 Å². The smallest absolute Gasteiger partial charge is 0.235 e. The lowest BCUT2D eigenvalue weighted by molar-refractivity contribution is 1.12. The van der Waals surface area contributed by atoms with E-state index in [1.807, 2.05) is 12.3 Å². The summed E-state index contributed by atoms with van der Waals surface area (Å²) in [5.41, 5.74) is 8.43. The van der Waals surface area contributed by atoms with E-state index >= 15 is 0 Å². The molecule has 1 aliphatic heterocycles. The summed E-state index contributed by atoms with van der Waals surface area (Å²) in [4.78, 5) is 18.0. The number of fused-ring (bicyclic) bond motifs is 8. The Hall–Kier alpha value is -5.65. The van der Waals surface area contributed by atoms with Crippen LogP contribution in [0.5, 0.6) is 0 Å². The van der Waals surface area contributed by atoms with Crippen LogP contribution in [0.3, 0.4) is 0 Å². The Labute approximate surface area is 256 Å². The maximum Gasteiger partial charge on any atom is 0.235 e. The summed E-state index contributed by atoms with van der Waals surface area (Å²) in [6.45, 7) is 0. The van der Waals surface area contributed by atoms with E-state index < -0.39 is 0 Å². The Balaban J connectivity index is 1.37. The zero-order chi connectivity index (χ0) is 28.8. The summed E-state index contributed by atoms with van der Waals surface area (Å²) in [5, 5.41) is 7.07. The number of hydrogen-bond donors (Lipinski definition) is 0. The third-order valence-corrected chi connectivity index (χ3v) is 10.0. The van der Waals surface area contributed by atoms with Crippen molar-refractivity contribution in [1.29, 1.82) is 0 Å². The van der Waals surface area contributed by atoms with Gasteiger partial charge in [0.25, 0.3) is 0 Å². The second-order valence-corrected chi connectivity index (χ2v) is 12.3. The second kappa shape index (κ2) is 8.93. The van der Waals surface area contributed by atoms with E-state index in [0.717, 1.165) is 49.1 Å². The minimum atomic E-state index is 0.655. The molecule has 5 heteroatoms. The lowest BCUT2D eigenvalue weighted by Crippen LogP contribution is -2.18. The number of benzene rings is 6. The highest BCUT2D eigenvalue weighted by Crippen LogP contribution is 2.53. The molecule has 9 aromatic rings. The van der Waals surface area contributed by atoms with Crippen LogP contribution in [0.25, 0.3) is 75.1 Å². The van der Waals surface area contributed by atoms with Crippen molar-refractivity contribution in [2.24, 2.45) is 0 Å². The summed E-state index contributed by atoms with van der Waals surface area (Å²) in [7, 11) is 0. The average Bonchev–Trinajstić information content (AvgIpc) is 3.46. The molecule has 0 bridgehead atoms. The lowest BCUT2D eigenvalue weighted by Gasteiger charge is -2.33. The van der Waals surface area contributed by atoms with E-state index in [0.29, 0.717) is 5.95 Å². The highest BCUT2D eigenvalue weighted by molar-refractivity contribution is 7.26. The number of aromatic nitrogens is 3. The first-order valence-corrected chi connectivity index (χ1v) is 15.5. The molecule has 6 aromatic carbocycles. The van der Waals surface area contributed by atoms with E-state index in [1.54, 1.807) is 11.3 Å². The summed E-state index contributed by atoms with van der Waals surface area (Å²) in [5.74, 6) is 0.655. The summed E-state index contributed by atoms with van der Waals surface area (Å²) >= 11 is 1.75. The molecule has 0 saturated carbocycles. The molecule has 0 radical (unpaired) electrons. The average molecular weight is 579 g/mol. The van der Waals surface area contributed by atoms with Crippen LogP contribution in [-0.4, -0.2) is 15.0 Å². The molecular weight excluding hydrogens is 557 g/mol. The van der Waals surface area contributed by atoms with Crippen LogP contribution in [0.4, 0.5) is 17.3 Å². The van der Waals surface area contributed by atoms with Gasteiger partial charge in [-0.25, -0.2) is 9.97 Å². The molecule has 0 spiro atoms. The molecule has 0 amide bonds. The topological polar surface area (TPSA) is 41.9 Å². The minimum Gasteiger partial charge on any atom is -0.278 e. The van der Waals surface area contributed by atoms with Crippen molar-refractivity contribution in [2.45, 2.75) is 0 Å². The monoisotopic (exact) mass is 578 g/mol. The molecule has 4 heterocycles. The zero-order valence-electron chi connectivity index (χ0n) is 23.4. The maximum atomic E-state index is 5.46. The molecule has 0 N–H and O–H groups in total. The number of pyridine rings is 1. The van der Waals surface area contributed by atoms with Crippen molar-refractivity contribution in [3.05, 3.63) is 134 Å². The number of rotatable bonds is 2. The maximum absolute atomic E-state index is 5.46. The highest BCUT2D eigenvalue weighted by atomic mass is 32.1. The van der Waals surface area contributed by atoms with Gasteiger partial charge in [0.1, 0.15) is 0 Å². The van der Waals surface area contributed by atoms with Gasteiger partial charge in [0.2, 0.25) is 5.95 Å². The van der Waals surface area contributed by atoms with Crippen LogP contribution < -0.4 is 4.90 Å². The van der Waals surface area contributed by atoms with Gasteiger partial charge >= 0.3 is 0 Å². The molecule has 0 saturated heterocycles. The molecule has 44 heavy (non-hydrogen) atoms. The van der Waals surface area contributed by atoms with Gasteiger partial charge in [-0.1, -0.05) is 103 Å². The third-order valence-electron chi connectivity index (χ3n) is 8.84. The van der Waals surface area contributed by atoms with Gasteiger partial charge in [0.15, 0.2) is 0 Å². The van der Waals surface area contributed by atoms with E-state index in [1.165, 1.54) is 37.4 Å². The van der Waals surface area contributed by atoms with Crippen LogP contribution in [0.2, 0.25) is 0 Å². The predicted octanol–water partition coefficient (Wildman–Crippen LogP) is 10.8. The second-order valence-electron chi connectivity index (χ2n) is 11.2. The standard InChI is InChI=1S/C39H22N4S/c1-2-14-26-23(9-1)20-21-31-34(26)28-16-5-10-24-11-7-18-30(33(24)28)43(31)39-41-36-27-15-3-4-19-32(27)44-38(36)37(42-39)29-17-6-12-25-13-8-22-40-35(25)29/h1-22H. The molecule has 204 valence electrons. The van der Waals surface area contributed by atoms with Gasteiger partial charge in [0.05, 0.1) is 32.8 Å². The molecule has 3 aromatic heterocycles. The molecule has 10 rings (SSSR count). The van der Waals surface area contributed by atoms with Gasteiger partial charge in [-0.2, -0.15) is 0 Å². The molecular formula is C39H22N4S. The number of para-hydroxylation sites is 1. The fourth-order valence-electron chi connectivity index (χ4n) is 6.95. The van der Waals surface area contributed by atoms with Crippen LogP contribution in [0.1, 0.15) is 0 Å². The Morgan fingerprint density at radius 1 is 0.523 bits per heavy atom. The molecule has 0 fully saturated rings. The Bertz CT molecular complexity index is 2630. The predicted molar refractivity (Wildman–Crippen MR) is 184 cm³/mol. The van der Waals surface area contributed by atoms with E-state index in [4.69, 9.17) is 15.0 Å². The van der Waals surface area contributed by atoms with E-state index in [-0.39, 0.29) is 0 Å². The van der Waals surface area contributed by atoms with Crippen molar-refractivity contribution in [2.75, 3.05) is 4.90 Å². The van der Waals surface area contributed by atoms with Gasteiger partial charge in [0, 0.05) is 38.2 Å². The van der Waals surface area contributed by atoms with Crippen LogP contribution in [0.15, 0.2) is 134 Å². The van der Waals surface area contributed by atoms with E-state index in [9.17, 15) is 0 Å². The summed E-state index contributed by atoms with van der Waals surface area (Å²) in [6, 6.07) is 45.2. The number of nitrogens with zero attached hydrogens (tertiary/aromatic N) is 4. The quantitative estimate of drug-likeness (QED) is 0.205. The Kier molecular flexibility index (Phi) is 4.84. The first-order chi connectivity index (χ1) is 21.8. The zero-order valence-corrected chi connectivity index (χ0v) is 24.2. The van der Waals surface area contributed by atoms with Crippen LogP contribution in [0, 0.1) is 0 Å². The number of hydrogen-bond acceptors (Lipinski definition) is 5. The minimum absolute atomic E-state index is 0.655. The van der Waals surface area contributed by atoms with Crippen molar-refractivity contribution >= 4 is 81.4 Å². The van der Waals surface area contributed by atoms with Gasteiger partial charge in [-0.3, -0.25) is 9.88 Å². The Morgan fingerprint density at radius 3 is 2.20 bits per heavy atom. The fraction of sp³-hybridized carbons (Fsp3) is 0. The van der Waals surface area contributed by atoms with Crippen LogP contribution >= 0.6 is 11.3 Å². The van der Waals surface area contributed by atoms with Crippen molar-refractivity contribution < 1.29 is 0 Å². The van der Waals surface area contributed by atoms with Crippen LogP contribution in [-0.2, 0) is 0 Å².